The van der Waals surface area contributed by atoms with Gasteiger partial charge < -0.3 is 9.47 Å². The number of amides is 1. The van der Waals surface area contributed by atoms with Gasteiger partial charge in [-0.3, -0.25) is 14.6 Å². The number of carbonyl (C=O) groups is 1. The third-order valence-corrected chi connectivity index (χ3v) is 6.23. The standard InChI is InChI=1S/C25H25N5O2/c1-28-16-19(21-8-2-3-9-23(21)28)14-25(32)29-13-5-7-20(29)17-30-24(31)11-10-22(27-30)18-6-4-12-26-15-18/h2-4,6,8-12,15-16,20H,5,7,13-14,17H2,1H3. The molecule has 3 aromatic heterocycles. The van der Waals surface area contributed by atoms with Crippen molar-refractivity contribution in [3.8, 4) is 11.3 Å². The molecular weight excluding hydrogens is 402 g/mol. The van der Waals surface area contributed by atoms with Crippen LogP contribution >= 0.6 is 0 Å². The van der Waals surface area contributed by atoms with E-state index in [4.69, 9.17) is 0 Å². The molecule has 1 fully saturated rings. The van der Waals surface area contributed by atoms with Gasteiger partial charge in [0.15, 0.2) is 0 Å². The molecule has 1 unspecified atom stereocenters. The Morgan fingerprint density at radius 2 is 2.00 bits per heavy atom. The van der Waals surface area contributed by atoms with Crippen LogP contribution in [0.2, 0.25) is 0 Å². The normalized spacial score (nSPS) is 16.0. The Bertz CT molecular complexity index is 1330. The fourth-order valence-corrected chi connectivity index (χ4v) is 4.63. The number of carbonyl (C=O) groups excluding carboxylic acids is 1. The first-order valence-corrected chi connectivity index (χ1v) is 10.9. The highest BCUT2D eigenvalue weighted by molar-refractivity contribution is 5.89. The van der Waals surface area contributed by atoms with E-state index in [1.807, 2.05) is 42.4 Å². The fraction of sp³-hybridized carbons (Fsp3) is 0.280. The number of rotatable bonds is 5. The second-order valence-corrected chi connectivity index (χ2v) is 8.32. The summed E-state index contributed by atoms with van der Waals surface area (Å²) in [6.45, 7) is 1.11. The first-order chi connectivity index (χ1) is 15.6. The quantitative estimate of drug-likeness (QED) is 0.491. The van der Waals surface area contributed by atoms with Crippen molar-refractivity contribution >= 4 is 16.8 Å². The molecule has 0 saturated carbocycles. The van der Waals surface area contributed by atoms with Crippen LogP contribution in [0.15, 0.2) is 71.9 Å². The minimum atomic E-state index is -0.161. The number of benzene rings is 1. The molecule has 0 bridgehead atoms. The average molecular weight is 428 g/mol. The highest BCUT2D eigenvalue weighted by Gasteiger charge is 2.30. The molecule has 4 heterocycles. The maximum Gasteiger partial charge on any atom is 0.266 e. The molecule has 1 atom stereocenters. The average Bonchev–Trinajstić information content (AvgIpc) is 3.41. The zero-order valence-corrected chi connectivity index (χ0v) is 18.0. The van der Waals surface area contributed by atoms with Gasteiger partial charge in [-0.15, -0.1) is 0 Å². The smallest absolute Gasteiger partial charge is 0.266 e. The molecule has 0 aliphatic carbocycles. The van der Waals surface area contributed by atoms with Crippen molar-refractivity contribution in [2.75, 3.05) is 6.54 Å². The lowest BCUT2D eigenvalue weighted by atomic mass is 10.1. The van der Waals surface area contributed by atoms with Crippen molar-refractivity contribution in [1.82, 2.24) is 24.2 Å². The summed E-state index contributed by atoms with van der Waals surface area (Å²) in [6, 6.07) is 15.1. The Labute approximate surface area is 185 Å². The number of aryl methyl sites for hydroxylation is 1. The van der Waals surface area contributed by atoms with Gasteiger partial charge in [-0.1, -0.05) is 18.2 Å². The Kier molecular flexibility index (Phi) is 5.31. The number of hydrogen-bond donors (Lipinski definition) is 0. The molecule has 0 spiro atoms. The number of nitrogens with zero attached hydrogens (tertiary/aromatic N) is 5. The largest absolute Gasteiger partial charge is 0.350 e. The third-order valence-electron chi connectivity index (χ3n) is 6.23. The van der Waals surface area contributed by atoms with Crippen LogP contribution in [0, 0.1) is 0 Å². The minimum absolute atomic E-state index is 0.0353. The van der Waals surface area contributed by atoms with Crippen LogP contribution in [-0.4, -0.2) is 42.7 Å². The van der Waals surface area contributed by atoms with Gasteiger partial charge in [-0.05, 0) is 42.7 Å². The SMILES string of the molecule is Cn1cc(CC(=O)N2CCCC2Cn2nc(-c3cccnc3)ccc2=O)c2ccccc21. The highest BCUT2D eigenvalue weighted by Crippen LogP contribution is 2.24. The van der Waals surface area contributed by atoms with Crippen LogP contribution in [-0.2, 0) is 24.8 Å². The van der Waals surface area contributed by atoms with Crippen molar-refractivity contribution in [1.29, 1.82) is 0 Å². The van der Waals surface area contributed by atoms with Crippen LogP contribution in [0.3, 0.4) is 0 Å². The number of fused-ring (bicyclic) bond motifs is 1. The van der Waals surface area contributed by atoms with Crippen LogP contribution in [0.1, 0.15) is 18.4 Å². The topological polar surface area (TPSA) is 73.0 Å². The number of para-hydroxylation sites is 1. The Hall–Kier alpha value is -3.74. The number of hydrogen-bond acceptors (Lipinski definition) is 4. The molecule has 32 heavy (non-hydrogen) atoms. The Morgan fingerprint density at radius 1 is 1.12 bits per heavy atom. The highest BCUT2D eigenvalue weighted by atomic mass is 16.2. The first-order valence-electron chi connectivity index (χ1n) is 10.9. The summed E-state index contributed by atoms with van der Waals surface area (Å²) < 4.78 is 3.54. The summed E-state index contributed by atoms with van der Waals surface area (Å²) >= 11 is 0. The monoisotopic (exact) mass is 427 g/mol. The molecule has 1 amide bonds. The van der Waals surface area contributed by atoms with E-state index >= 15 is 0 Å². The van der Waals surface area contributed by atoms with E-state index in [0.29, 0.717) is 25.2 Å². The first kappa shape index (κ1) is 20.2. The van der Waals surface area contributed by atoms with Gasteiger partial charge in [0.2, 0.25) is 5.91 Å². The summed E-state index contributed by atoms with van der Waals surface area (Å²) in [6.07, 6.45) is 7.63. The molecule has 1 aromatic carbocycles. The van der Waals surface area contributed by atoms with Crippen LogP contribution in [0.5, 0.6) is 0 Å². The van der Waals surface area contributed by atoms with Crippen molar-refractivity contribution in [3.05, 3.63) is 83.0 Å². The number of aromatic nitrogens is 4. The predicted octanol–water partition coefficient (Wildman–Crippen LogP) is 3.03. The second kappa shape index (κ2) is 8.42. The Morgan fingerprint density at radius 3 is 2.84 bits per heavy atom. The van der Waals surface area contributed by atoms with Gasteiger partial charge in [0.05, 0.1) is 24.7 Å². The lowest BCUT2D eigenvalue weighted by Crippen LogP contribution is -2.41. The summed E-state index contributed by atoms with van der Waals surface area (Å²) in [5.41, 5.74) is 3.55. The molecule has 7 nitrogen and oxygen atoms in total. The fourth-order valence-electron chi connectivity index (χ4n) is 4.63. The van der Waals surface area contributed by atoms with Crippen molar-refractivity contribution in [2.45, 2.75) is 31.8 Å². The van der Waals surface area contributed by atoms with E-state index in [1.165, 1.54) is 10.7 Å². The zero-order chi connectivity index (χ0) is 22.1. The molecule has 162 valence electrons. The summed E-state index contributed by atoms with van der Waals surface area (Å²) in [7, 11) is 2.00. The van der Waals surface area contributed by atoms with Gasteiger partial charge in [0.25, 0.3) is 5.56 Å². The lowest BCUT2D eigenvalue weighted by molar-refractivity contribution is -0.131. The maximum atomic E-state index is 13.2. The van der Waals surface area contributed by atoms with E-state index in [0.717, 1.165) is 34.9 Å². The van der Waals surface area contributed by atoms with Crippen molar-refractivity contribution in [3.63, 3.8) is 0 Å². The van der Waals surface area contributed by atoms with Crippen molar-refractivity contribution in [2.24, 2.45) is 7.05 Å². The molecule has 0 radical (unpaired) electrons. The van der Waals surface area contributed by atoms with E-state index in [9.17, 15) is 9.59 Å². The molecule has 0 N–H and O–H groups in total. The van der Waals surface area contributed by atoms with Gasteiger partial charge in [0.1, 0.15) is 0 Å². The van der Waals surface area contributed by atoms with Gasteiger partial charge in [0, 0.05) is 54.7 Å². The van der Waals surface area contributed by atoms with Crippen molar-refractivity contribution < 1.29 is 4.79 Å². The molecule has 1 aliphatic heterocycles. The van der Waals surface area contributed by atoms with Crippen LogP contribution < -0.4 is 5.56 Å². The summed E-state index contributed by atoms with van der Waals surface area (Å²) in [5.74, 6) is 0.0975. The Balaban J connectivity index is 1.36. The maximum absolute atomic E-state index is 13.2. The predicted molar refractivity (Wildman–Crippen MR) is 123 cm³/mol. The molecule has 7 heteroatoms. The van der Waals surface area contributed by atoms with Crippen LogP contribution in [0.4, 0.5) is 0 Å². The molecule has 5 rings (SSSR count). The molecule has 1 aliphatic rings. The molecular formula is C25H25N5O2. The van der Waals surface area contributed by atoms with Crippen LogP contribution in [0.25, 0.3) is 22.2 Å². The van der Waals surface area contributed by atoms with Gasteiger partial charge >= 0.3 is 0 Å². The zero-order valence-electron chi connectivity index (χ0n) is 18.0. The third kappa shape index (κ3) is 3.82. The summed E-state index contributed by atoms with van der Waals surface area (Å²) in [5, 5.41) is 5.66. The number of pyridine rings is 1. The number of likely N-dealkylation sites (tertiary alicyclic amines) is 1. The van der Waals surface area contributed by atoms with E-state index in [2.05, 4.69) is 26.8 Å². The van der Waals surface area contributed by atoms with Gasteiger partial charge in [-0.2, -0.15) is 5.10 Å². The lowest BCUT2D eigenvalue weighted by Gasteiger charge is -2.25. The molecule has 4 aromatic rings. The molecule has 1 saturated heterocycles. The van der Waals surface area contributed by atoms with E-state index in [1.54, 1.807) is 18.5 Å². The minimum Gasteiger partial charge on any atom is -0.350 e. The summed E-state index contributed by atoms with van der Waals surface area (Å²) in [4.78, 5) is 31.8. The van der Waals surface area contributed by atoms with E-state index < -0.39 is 0 Å². The second-order valence-electron chi connectivity index (χ2n) is 8.32. The van der Waals surface area contributed by atoms with Gasteiger partial charge in [-0.25, -0.2) is 4.68 Å². The van der Waals surface area contributed by atoms with E-state index in [-0.39, 0.29) is 17.5 Å².